The normalized spacial score (nSPS) is 18.4. The fourth-order valence-corrected chi connectivity index (χ4v) is 4.63. The molecule has 2 saturated heterocycles. The molecule has 0 unspecified atom stereocenters. The Bertz CT molecular complexity index is 944. The molecule has 0 aromatic carbocycles. The summed E-state index contributed by atoms with van der Waals surface area (Å²) in [6, 6.07) is 8.03. The third kappa shape index (κ3) is 9.18. The summed E-state index contributed by atoms with van der Waals surface area (Å²) >= 11 is 0. The molecule has 9 nitrogen and oxygen atoms in total. The van der Waals surface area contributed by atoms with Gasteiger partial charge in [0.1, 0.15) is 0 Å². The van der Waals surface area contributed by atoms with Gasteiger partial charge >= 0.3 is 11.9 Å². The van der Waals surface area contributed by atoms with Crippen molar-refractivity contribution in [2.75, 3.05) is 39.4 Å². The van der Waals surface area contributed by atoms with E-state index in [0.717, 1.165) is 39.0 Å². The predicted octanol–water partition coefficient (Wildman–Crippen LogP) is 2.83. The van der Waals surface area contributed by atoms with E-state index in [2.05, 4.69) is 19.8 Å². The number of esters is 2. The van der Waals surface area contributed by atoms with Crippen LogP contribution in [0.15, 0.2) is 49.1 Å². The zero-order valence-electron chi connectivity index (χ0n) is 22.1. The fourth-order valence-electron chi connectivity index (χ4n) is 4.63. The summed E-state index contributed by atoms with van der Waals surface area (Å²) in [7, 11) is 0. The quantitative estimate of drug-likeness (QED) is 0.535. The summed E-state index contributed by atoms with van der Waals surface area (Å²) in [6.45, 7) is 9.47. The first-order chi connectivity index (χ1) is 17.9. The number of pyridine rings is 2. The van der Waals surface area contributed by atoms with Crippen molar-refractivity contribution in [3.05, 3.63) is 60.2 Å². The molecular formula is C28H40N4O5. The van der Waals surface area contributed by atoms with Crippen LogP contribution in [-0.2, 0) is 32.2 Å². The summed E-state index contributed by atoms with van der Waals surface area (Å²) in [5.41, 5.74) is 1.17. The van der Waals surface area contributed by atoms with Crippen molar-refractivity contribution in [3.8, 4) is 0 Å². The molecule has 0 amide bonds. The number of ether oxygens (including phenoxy) is 2. The lowest BCUT2D eigenvalue weighted by atomic mass is 9.91. The monoisotopic (exact) mass is 512 g/mol. The van der Waals surface area contributed by atoms with Crippen LogP contribution in [0.4, 0.5) is 0 Å². The molecule has 4 rings (SSSR count). The molecule has 0 atom stereocenters. The number of aromatic nitrogens is 2. The summed E-state index contributed by atoms with van der Waals surface area (Å²) < 4.78 is 9.99. The van der Waals surface area contributed by atoms with Crippen LogP contribution in [0.2, 0.25) is 0 Å². The Morgan fingerprint density at radius 3 is 1.76 bits per heavy atom. The Morgan fingerprint density at radius 1 is 0.838 bits per heavy atom. The van der Waals surface area contributed by atoms with E-state index in [1.165, 1.54) is 11.1 Å². The Balaban J connectivity index is 0.000000206. The average Bonchev–Trinajstić information content (AvgIpc) is 2.92. The molecule has 4 heterocycles. The van der Waals surface area contributed by atoms with Crippen molar-refractivity contribution in [1.82, 2.24) is 19.8 Å². The van der Waals surface area contributed by atoms with Gasteiger partial charge in [-0.15, -0.1) is 0 Å². The maximum Gasteiger partial charge on any atom is 0.338 e. The van der Waals surface area contributed by atoms with E-state index in [1.54, 1.807) is 19.3 Å². The maximum absolute atomic E-state index is 11.7. The molecule has 2 aromatic rings. The number of likely N-dealkylation sites (tertiary alicyclic amines) is 2. The van der Waals surface area contributed by atoms with Crippen molar-refractivity contribution in [1.29, 1.82) is 0 Å². The molecular weight excluding hydrogens is 472 g/mol. The van der Waals surface area contributed by atoms with Crippen molar-refractivity contribution in [2.24, 2.45) is 5.92 Å². The molecule has 0 radical (unpaired) electrons. The number of rotatable bonds is 8. The van der Waals surface area contributed by atoms with E-state index in [9.17, 15) is 14.7 Å². The highest BCUT2D eigenvalue weighted by atomic mass is 16.5. The van der Waals surface area contributed by atoms with Gasteiger partial charge < -0.3 is 14.6 Å². The standard InChI is InChI=1S/C14H20N2O3.C14H20N2O2/c1-2-19-13(17)14(18)5-9-16(10-6-14)11-12-3-7-15-8-4-12;1-2-18-14(17)13-5-9-16(10-6-13)11-12-3-7-15-8-4-12/h3-4,7-8,18H,2,5-6,9-11H2,1H3;3-4,7-8,13H,2,5-6,9-11H2,1H3. The largest absolute Gasteiger partial charge is 0.466 e. The van der Waals surface area contributed by atoms with Crippen molar-refractivity contribution in [2.45, 2.75) is 58.2 Å². The van der Waals surface area contributed by atoms with Crippen LogP contribution < -0.4 is 0 Å². The highest BCUT2D eigenvalue weighted by Crippen LogP contribution is 2.25. The molecule has 2 aliphatic rings. The van der Waals surface area contributed by atoms with Crippen molar-refractivity contribution >= 4 is 11.9 Å². The van der Waals surface area contributed by atoms with E-state index < -0.39 is 11.6 Å². The van der Waals surface area contributed by atoms with Crippen LogP contribution >= 0.6 is 0 Å². The number of hydrogen-bond acceptors (Lipinski definition) is 9. The maximum atomic E-state index is 11.7. The van der Waals surface area contributed by atoms with Crippen LogP contribution in [0.3, 0.4) is 0 Å². The molecule has 1 N–H and O–H groups in total. The van der Waals surface area contributed by atoms with Gasteiger partial charge in [-0.25, -0.2) is 4.79 Å². The van der Waals surface area contributed by atoms with Gasteiger partial charge in [-0.2, -0.15) is 0 Å². The number of carbonyl (C=O) groups excluding carboxylic acids is 2. The minimum absolute atomic E-state index is 0.0268. The third-order valence-electron chi connectivity index (χ3n) is 6.86. The second-order valence-corrected chi connectivity index (χ2v) is 9.54. The van der Waals surface area contributed by atoms with Crippen molar-refractivity contribution in [3.63, 3.8) is 0 Å². The van der Waals surface area contributed by atoms with Gasteiger partial charge in [0.2, 0.25) is 0 Å². The Morgan fingerprint density at radius 2 is 1.30 bits per heavy atom. The van der Waals surface area contributed by atoms with Crippen LogP contribution in [0.1, 0.15) is 50.7 Å². The second-order valence-electron chi connectivity index (χ2n) is 9.54. The van der Waals surface area contributed by atoms with E-state index in [1.807, 2.05) is 43.6 Å². The molecule has 9 heteroatoms. The number of aliphatic hydroxyl groups is 1. The van der Waals surface area contributed by atoms with E-state index in [0.29, 0.717) is 39.1 Å². The van der Waals surface area contributed by atoms with Gasteiger partial charge in [0.15, 0.2) is 5.60 Å². The van der Waals surface area contributed by atoms with Crippen molar-refractivity contribution < 1.29 is 24.2 Å². The predicted molar refractivity (Wildman–Crippen MR) is 139 cm³/mol. The first-order valence-electron chi connectivity index (χ1n) is 13.2. The number of hydrogen-bond donors (Lipinski definition) is 1. The molecule has 0 bridgehead atoms. The average molecular weight is 513 g/mol. The smallest absolute Gasteiger partial charge is 0.338 e. The first kappa shape index (κ1) is 28.7. The molecule has 0 spiro atoms. The third-order valence-corrected chi connectivity index (χ3v) is 6.86. The van der Waals surface area contributed by atoms with Crippen LogP contribution in [0.25, 0.3) is 0 Å². The zero-order valence-corrected chi connectivity index (χ0v) is 22.1. The van der Waals surface area contributed by atoms with Crippen LogP contribution in [0, 0.1) is 5.92 Å². The minimum atomic E-state index is -1.30. The number of carbonyl (C=O) groups is 2. The van der Waals surface area contributed by atoms with Gasteiger partial charge in [-0.1, -0.05) is 0 Å². The van der Waals surface area contributed by atoms with Gasteiger partial charge in [0.05, 0.1) is 19.1 Å². The molecule has 2 fully saturated rings. The molecule has 202 valence electrons. The lowest BCUT2D eigenvalue weighted by Gasteiger charge is -2.36. The first-order valence-corrected chi connectivity index (χ1v) is 13.2. The lowest BCUT2D eigenvalue weighted by molar-refractivity contribution is -0.170. The van der Waals surface area contributed by atoms with E-state index >= 15 is 0 Å². The van der Waals surface area contributed by atoms with Gasteiger partial charge in [0, 0.05) is 51.0 Å². The van der Waals surface area contributed by atoms with Gasteiger partial charge in [0.25, 0.3) is 0 Å². The topological polar surface area (TPSA) is 105 Å². The van der Waals surface area contributed by atoms with Gasteiger partial charge in [-0.05, 0) is 88.0 Å². The highest BCUT2D eigenvalue weighted by molar-refractivity contribution is 5.79. The fraction of sp³-hybridized carbons (Fsp3) is 0.571. The SMILES string of the molecule is CCOC(=O)C1(O)CCN(Cc2ccncc2)CC1.CCOC(=O)C1CCN(Cc2ccncc2)CC1. The number of piperidine rings is 2. The summed E-state index contributed by atoms with van der Waals surface area (Å²) in [5.74, 6) is -0.418. The molecule has 2 aliphatic heterocycles. The summed E-state index contributed by atoms with van der Waals surface area (Å²) in [4.78, 5) is 35.9. The molecule has 37 heavy (non-hydrogen) atoms. The Hall–Kier alpha value is -2.88. The summed E-state index contributed by atoms with van der Waals surface area (Å²) in [6.07, 6.45) is 9.85. The molecule has 0 aliphatic carbocycles. The number of nitrogens with zero attached hydrogens (tertiary/aromatic N) is 4. The summed E-state index contributed by atoms with van der Waals surface area (Å²) in [5, 5.41) is 10.2. The zero-order chi connectivity index (χ0) is 26.5. The Labute approximate surface area is 219 Å². The lowest BCUT2D eigenvalue weighted by Crippen LogP contribution is -2.49. The minimum Gasteiger partial charge on any atom is -0.466 e. The highest BCUT2D eigenvalue weighted by Gasteiger charge is 2.40. The van der Waals surface area contributed by atoms with Crippen LogP contribution in [0.5, 0.6) is 0 Å². The molecule has 2 aromatic heterocycles. The van der Waals surface area contributed by atoms with E-state index in [-0.39, 0.29) is 11.9 Å². The van der Waals surface area contributed by atoms with E-state index in [4.69, 9.17) is 9.47 Å². The Kier molecular flexibility index (Phi) is 11.4. The second kappa shape index (κ2) is 14.8. The van der Waals surface area contributed by atoms with Gasteiger partial charge in [-0.3, -0.25) is 24.6 Å². The van der Waals surface area contributed by atoms with Crippen LogP contribution in [-0.4, -0.2) is 81.8 Å². The molecule has 0 saturated carbocycles.